The van der Waals surface area contributed by atoms with Crippen LogP contribution >= 0.6 is 0 Å². The molecule has 1 aromatic heterocycles. The minimum Gasteiger partial charge on any atom is -0.370 e. The predicted molar refractivity (Wildman–Crippen MR) is 98.0 cm³/mol. The van der Waals surface area contributed by atoms with Crippen LogP contribution in [0.3, 0.4) is 0 Å². The molecule has 0 spiro atoms. The third kappa shape index (κ3) is 5.68. The molecule has 0 aliphatic heterocycles. The summed E-state index contributed by atoms with van der Waals surface area (Å²) in [6.45, 7) is 7.02. The Morgan fingerprint density at radius 2 is 1.96 bits per heavy atom. The van der Waals surface area contributed by atoms with E-state index in [0.29, 0.717) is 18.5 Å². The van der Waals surface area contributed by atoms with Gasteiger partial charge in [-0.25, -0.2) is 4.99 Å². The molecule has 0 amide bonds. The molecule has 2 aromatic rings. The van der Waals surface area contributed by atoms with Crippen molar-refractivity contribution in [1.82, 2.24) is 20.1 Å². The number of rotatable bonds is 8. The Balaban J connectivity index is 1.88. The summed E-state index contributed by atoms with van der Waals surface area (Å²) in [5.41, 5.74) is 7.01. The summed E-state index contributed by atoms with van der Waals surface area (Å²) in [6, 6.07) is 10.3. The molecule has 0 fully saturated rings. The molecule has 1 heterocycles. The Bertz CT molecular complexity index is 632. The lowest BCUT2D eigenvalue weighted by Gasteiger charge is -2.15. The zero-order valence-corrected chi connectivity index (χ0v) is 14.8. The lowest BCUT2D eigenvalue weighted by atomic mass is 10.0. The second-order valence-corrected chi connectivity index (χ2v) is 6.52. The molecule has 0 aliphatic carbocycles. The highest BCUT2D eigenvalue weighted by molar-refractivity contribution is 5.78. The monoisotopic (exact) mass is 328 g/mol. The van der Waals surface area contributed by atoms with E-state index in [9.17, 15) is 0 Å². The molecule has 3 N–H and O–H groups in total. The molecule has 0 saturated heterocycles. The molecule has 0 radical (unpaired) electrons. The topological polar surface area (TPSA) is 81.1 Å². The first-order valence-corrected chi connectivity index (χ1v) is 8.57. The van der Waals surface area contributed by atoms with Gasteiger partial charge in [-0.2, -0.15) is 0 Å². The Hall–Kier alpha value is -2.37. The molecule has 0 saturated carbocycles. The standard InChI is InChI=1S/C18H28N6/c1-14(2)8-7-9-15(3)22-18(19)20-12-17-23-21-13-24(17)16-10-5-4-6-11-16/h4-6,10-11,13-15H,7-9,12H2,1-3H3,(H3,19,20,22). The molecule has 1 unspecified atom stereocenters. The summed E-state index contributed by atoms with van der Waals surface area (Å²) < 4.78 is 1.92. The number of nitrogens with two attached hydrogens (primary N) is 1. The zero-order chi connectivity index (χ0) is 17.4. The van der Waals surface area contributed by atoms with E-state index in [2.05, 4.69) is 41.3 Å². The predicted octanol–water partition coefficient (Wildman–Crippen LogP) is 2.89. The van der Waals surface area contributed by atoms with E-state index in [4.69, 9.17) is 5.73 Å². The van der Waals surface area contributed by atoms with Crippen LogP contribution in [0, 0.1) is 5.92 Å². The van der Waals surface area contributed by atoms with Gasteiger partial charge >= 0.3 is 0 Å². The zero-order valence-electron chi connectivity index (χ0n) is 14.8. The van der Waals surface area contributed by atoms with Gasteiger partial charge in [0.15, 0.2) is 11.8 Å². The molecule has 0 bridgehead atoms. The number of aromatic nitrogens is 3. The highest BCUT2D eigenvalue weighted by Crippen LogP contribution is 2.10. The average molecular weight is 328 g/mol. The van der Waals surface area contributed by atoms with Crippen molar-refractivity contribution in [1.29, 1.82) is 0 Å². The summed E-state index contributed by atoms with van der Waals surface area (Å²) in [5.74, 6) is 1.96. The van der Waals surface area contributed by atoms with Crippen LogP contribution in [0.15, 0.2) is 41.7 Å². The number of nitrogens with one attached hydrogen (secondary N) is 1. The van der Waals surface area contributed by atoms with Gasteiger partial charge in [-0.1, -0.05) is 44.9 Å². The smallest absolute Gasteiger partial charge is 0.189 e. The first-order valence-electron chi connectivity index (χ1n) is 8.57. The van der Waals surface area contributed by atoms with Crippen LogP contribution in [0.1, 0.15) is 45.9 Å². The van der Waals surface area contributed by atoms with Crippen LogP contribution < -0.4 is 11.1 Å². The van der Waals surface area contributed by atoms with Gasteiger partial charge in [-0.05, 0) is 31.4 Å². The molecule has 0 aliphatic rings. The fourth-order valence-corrected chi connectivity index (χ4v) is 2.53. The van der Waals surface area contributed by atoms with E-state index >= 15 is 0 Å². The van der Waals surface area contributed by atoms with Gasteiger partial charge in [0.05, 0.1) is 0 Å². The lowest BCUT2D eigenvalue weighted by Crippen LogP contribution is -2.38. The van der Waals surface area contributed by atoms with Crippen molar-refractivity contribution in [2.45, 2.75) is 52.6 Å². The van der Waals surface area contributed by atoms with Crippen molar-refractivity contribution in [2.24, 2.45) is 16.6 Å². The van der Waals surface area contributed by atoms with E-state index in [1.807, 2.05) is 34.9 Å². The Morgan fingerprint density at radius 1 is 1.21 bits per heavy atom. The van der Waals surface area contributed by atoms with Crippen molar-refractivity contribution in [3.05, 3.63) is 42.5 Å². The first kappa shape index (κ1) is 18.0. The van der Waals surface area contributed by atoms with Gasteiger partial charge in [-0.15, -0.1) is 10.2 Å². The normalized spacial score (nSPS) is 13.2. The number of benzene rings is 1. The molecular weight excluding hydrogens is 300 g/mol. The van der Waals surface area contributed by atoms with Gasteiger partial charge in [0.1, 0.15) is 12.9 Å². The van der Waals surface area contributed by atoms with Crippen LogP contribution in [-0.4, -0.2) is 26.8 Å². The van der Waals surface area contributed by atoms with E-state index in [1.54, 1.807) is 6.33 Å². The maximum absolute atomic E-state index is 5.99. The van der Waals surface area contributed by atoms with Crippen LogP contribution in [-0.2, 0) is 6.54 Å². The number of guanidine groups is 1. The van der Waals surface area contributed by atoms with E-state index in [-0.39, 0.29) is 0 Å². The fourth-order valence-electron chi connectivity index (χ4n) is 2.53. The summed E-state index contributed by atoms with van der Waals surface area (Å²) in [4.78, 5) is 4.40. The maximum Gasteiger partial charge on any atom is 0.189 e. The molecular formula is C18H28N6. The summed E-state index contributed by atoms with van der Waals surface area (Å²) in [7, 11) is 0. The molecule has 2 rings (SSSR count). The van der Waals surface area contributed by atoms with Gasteiger partial charge < -0.3 is 11.1 Å². The highest BCUT2D eigenvalue weighted by Gasteiger charge is 2.07. The van der Waals surface area contributed by atoms with Crippen LogP contribution in [0.2, 0.25) is 0 Å². The summed E-state index contributed by atoms with van der Waals surface area (Å²) in [5, 5.41) is 11.4. The van der Waals surface area contributed by atoms with Gasteiger partial charge in [0.2, 0.25) is 0 Å². The third-order valence-corrected chi connectivity index (χ3v) is 3.86. The second-order valence-electron chi connectivity index (χ2n) is 6.52. The Kier molecular flexibility index (Phi) is 6.78. The third-order valence-electron chi connectivity index (χ3n) is 3.86. The van der Waals surface area contributed by atoms with Crippen LogP contribution in [0.25, 0.3) is 5.69 Å². The van der Waals surface area contributed by atoms with Gasteiger partial charge in [0, 0.05) is 11.7 Å². The Labute approximate surface area is 144 Å². The van der Waals surface area contributed by atoms with Crippen molar-refractivity contribution in [3.8, 4) is 5.69 Å². The molecule has 6 nitrogen and oxygen atoms in total. The average Bonchev–Trinajstić information content (AvgIpc) is 3.02. The molecule has 130 valence electrons. The summed E-state index contributed by atoms with van der Waals surface area (Å²) in [6.07, 6.45) is 5.22. The molecule has 24 heavy (non-hydrogen) atoms. The number of nitrogens with zero attached hydrogens (tertiary/aromatic N) is 4. The number of para-hydroxylation sites is 1. The van der Waals surface area contributed by atoms with Gasteiger partial charge in [0.25, 0.3) is 0 Å². The minimum absolute atomic E-state index is 0.319. The van der Waals surface area contributed by atoms with Crippen molar-refractivity contribution >= 4 is 5.96 Å². The van der Waals surface area contributed by atoms with Crippen molar-refractivity contribution in [2.75, 3.05) is 0 Å². The fraction of sp³-hybridized carbons (Fsp3) is 0.500. The number of hydrogen-bond acceptors (Lipinski definition) is 3. The molecule has 6 heteroatoms. The number of hydrogen-bond donors (Lipinski definition) is 2. The largest absolute Gasteiger partial charge is 0.370 e. The SMILES string of the molecule is CC(C)CCCC(C)NC(N)=NCc1nncn1-c1ccccc1. The van der Waals surface area contributed by atoms with E-state index in [1.165, 1.54) is 12.8 Å². The van der Waals surface area contributed by atoms with E-state index in [0.717, 1.165) is 23.9 Å². The first-order chi connectivity index (χ1) is 11.6. The minimum atomic E-state index is 0.319. The van der Waals surface area contributed by atoms with Crippen molar-refractivity contribution < 1.29 is 0 Å². The van der Waals surface area contributed by atoms with E-state index < -0.39 is 0 Å². The summed E-state index contributed by atoms with van der Waals surface area (Å²) >= 11 is 0. The Morgan fingerprint density at radius 3 is 2.67 bits per heavy atom. The quantitative estimate of drug-likeness (QED) is 0.577. The van der Waals surface area contributed by atoms with Crippen molar-refractivity contribution in [3.63, 3.8) is 0 Å². The lowest BCUT2D eigenvalue weighted by molar-refractivity contribution is 0.493. The van der Waals surface area contributed by atoms with Crippen LogP contribution in [0.5, 0.6) is 0 Å². The number of aliphatic imine (C=N–C) groups is 1. The highest BCUT2D eigenvalue weighted by atomic mass is 15.3. The van der Waals surface area contributed by atoms with Gasteiger partial charge in [-0.3, -0.25) is 4.57 Å². The maximum atomic E-state index is 5.99. The van der Waals surface area contributed by atoms with Crippen LogP contribution in [0.4, 0.5) is 0 Å². The molecule has 1 atom stereocenters. The molecule has 1 aromatic carbocycles. The second kappa shape index (κ2) is 9.05.